The van der Waals surface area contributed by atoms with Crippen LogP contribution in [0, 0.1) is 13.8 Å². The van der Waals surface area contributed by atoms with Crippen LogP contribution in [-0.2, 0) is 0 Å². The highest BCUT2D eigenvalue weighted by Gasteiger charge is 2.22. The molecule has 1 fully saturated rings. The third kappa shape index (κ3) is 3.47. The van der Waals surface area contributed by atoms with Crippen molar-refractivity contribution in [3.05, 3.63) is 64.8 Å². The number of halogens is 1. The van der Waals surface area contributed by atoms with Gasteiger partial charge in [-0.15, -0.1) is 0 Å². The number of fused-ring (bicyclic) bond motifs is 1. The van der Waals surface area contributed by atoms with E-state index in [0.717, 1.165) is 47.8 Å². The fourth-order valence-corrected chi connectivity index (χ4v) is 4.05. The van der Waals surface area contributed by atoms with Gasteiger partial charge in [-0.05, 0) is 49.7 Å². The molecule has 0 N–H and O–H groups in total. The molecule has 27 heavy (non-hydrogen) atoms. The van der Waals surface area contributed by atoms with Crippen LogP contribution in [0.5, 0.6) is 0 Å². The average molecular weight is 382 g/mol. The summed E-state index contributed by atoms with van der Waals surface area (Å²) in [6.07, 6.45) is 0. The topological polar surface area (TPSA) is 28.5 Å². The van der Waals surface area contributed by atoms with Crippen LogP contribution < -0.4 is 4.90 Å². The van der Waals surface area contributed by atoms with E-state index in [1.54, 1.807) is 0 Å². The Balaban J connectivity index is 1.44. The van der Waals surface area contributed by atoms with Gasteiger partial charge in [-0.2, -0.15) is 0 Å². The Morgan fingerprint density at radius 3 is 2.33 bits per heavy atom. The fourth-order valence-electron chi connectivity index (χ4n) is 3.93. The molecule has 0 unspecified atom stereocenters. The summed E-state index contributed by atoms with van der Waals surface area (Å²) in [7, 11) is 0. The van der Waals surface area contributed by atoms with Gasteiger partial charge in [-0.3, -0.25) is 14.3 Å². The molecule has 1 saturated heterocycles. The van der Waals surface area contributed by atoms with Gasteiger partial charge in [-0.25, -0.2) is 0 Å². The van der Waals surface area contributed by atoms with Crippen LogP contribution in [0.15, 0.2) is 48.5 Å². The summed E-state index contributed by atoms with van der Waals surface area (Å²) in [5.74, 6) is 0.150. The molecule has 0 aliphatic carbocycles. The van der Waals surface area contributed by atoms with Crippen LogP contribution in [0.3, 0.4) is 0 Å². The van der Waals surface area contributed by atoms with E-state index >= 15 is 0 Å². The van der Waals surface area contributed by atoms with E-state index in [1.807, 2.05) is 41.8 Å². The van der Waals surface area contributed by atoms with E-state index in [0.29, 0.717) is 6.54 Å². The van der Waals surface area contributed by atoms with E-state index in [2.05, 4.69) is 34.9 Å². The highest BCUT2D eigenvalue weighted by molar-refractivity contribution is 6.30. The van der Waals surface area contributed by atoms with E-state index in [-0.39, 0.29) is 5.91 Å². The van der Waals surface area contributed by atoms with Crippen molar-refractivity contribution >= 4 is 34.1 Å². The van der Waals surface area contributed by atoms with Gasteiger partial charge in [-0.1, -0.05) is 29.8 Å². The molecule has 0 radical (unpaired) electrons. The third-order valence-corrected chi connectivity index (χ3v) is 5.85. The fraction of sp³-hybridized carbons (Fsp3) is 0.318. The van der Waals surface area contributed by atoms with Crippen LogP contribution in [0.2, 0.25) is 5.02 Å². The first-order chi connectivity index (χ1) is 13.0. The number of rotatable bonds is 3. The van der Waals surface area contributed by atoms with Gasteiger partial charge < -0.3 is 4.90 Å². The lowest BCUT2D eigenvalue weighted by molar-refractivity contribution is 0.0847. The van der Waals surface area contributed by atoms with Gasteiger partial charge in [0.05, 0.1) is 12.1 Å². The number of benzene rings is 2. The predicted molar refractivity (Wildman–Crippen MR) is 112 cm³/mol. The molecule has 3 aromatic rings. The van der Waals surface area contributed by atoms with Crippen molar-refractivity contribution in [1.29, 1.82) is 0 Å². The lowest BCUT2D eigenvalue weighted by atomic mass is 10.2. The van der Waals surface area contributed by atoms with Gasteiger partial charge in [0.1, 0.15) is 0 Å². The zero-order valence-electron chi connectivity index (χ0n) is 15.8. The van der Waals surface area contributed by atoms with Gasteiger partial charge in [0.15, 0.2) is 0 Å². The van der Waals surface area contributed by atoms with Crippen molar-refractivity contribution in [3.63, 3.8) is 0 Å². The molecular formula is C22H24ClN3O. The average Bonchev–Trinajstić information content (AvgIpc) is 2.94. The summed E-state index contributed by atoms with van der Waals surface area (Å²) >= 11 is 5.98. The maximum absolute atomic E-state index is 13.0. The Bertz CT molecular complexity index is 969. The first-order valence-electron chi connectivity index (χ1n) is 9.37. The number of aromatic nitrogens is 1. The predicted octanol–water partition coefficient (Wildman–Crippen LogP) is 4.37. The van der Waals surface area contributed by atoms with Crippen LogP contribution in [-0.4, -0.2) is 48.1 Å². The molecular weight excluding hydrogens is 358 g/mol. The minimum Gasteiger partial charge on any atom is -0.369 e. The number of carbonyl (C=O) groups is 1. The number of hydrogen-bond acceptors (Lipinski definition) is 3. The minimum absolute atomic E-state index is 0.150. The van der Waals surface area contributed by atoms with Crippen LogP contribution >= 0.6 is 11.6 Å². The summed E-state index contributed by atoms with van der Waals surface area (Å²) in [4.78, 5) is 17.6. The number of piperazine rings is 1. The summed E-state index contributed by atoms with van der Waals surface area (Å²) in [6, 6.07) is 16.1. The number of carbonyl (C=O) groups excluding carboxylic acids is 1. The largest absolute Gasteiger partial charge is 0.369 e. The Hall–Kier alpha value is -2.30. The van der Waals surface area contributed by atoms with Crippen molar-refractivity contribution in [2.75, 3.05) is 37.6 Å². The van der Waals surface area contributed by atoms with Crippen molar-refractivity contribution in [1.82, 2.24) is 9.47 Å². The molecule has 1 aliphatic rings. The molecule has 1 aromatic heterocycles. The van der Waals surface area contributed by atoms with Gasteiger partial charge >= 0.3 is 0 Å². The standard InChI is InChI=1S/C22H24ClN3O/c1-16-17(2)26(21-6-4-3-5-20(16)21)22(27)15-24-11-13-25(14-12-24)19-9-7-18(23)8-10-19/h3-10H,11-15H2,1-2H3. The number of anilines is 1. The maximum Gasteiger partial charge on any atom is 0.245 e. The summed E-state index contributed by atoms with van der Waals surface area (Å²) < 4.78 is 1.89. The molecule has 0 atom stereocenters. The number of hydrogen-bond donors (Lipinski definition) is 0. The zero-order valence-corrected chi connectivity index (χ0v) is 16.5. The Labute approximate surface area is 164 Å². The number of para-hydroxylation sites is 1. The molecule has 140 valence electrons. The van der Waals surface area contributed by atoms with E-state index in [9.17, 15) is 4.79 Å². The molecule has 4 nitrogen and oxygen atoms in total. The molecule has 5 heteroatoms. The number of aryl methyl sites for hydroxylation is 1. The van der Waals surface area contributed by atoms with Gasteiger partial charge in [0, 0.05) is 48.0 Å². The van der Waals surface area contributed by atoms with Crippen molar-refractivity contribution < 1.29 is 4.79 Å². The molecule has 4 rings (SSSR count). The molecule has 0 spiro atoms. The Morgan fingerprint density at radius 2 is 1.63 bits per heavy atom. The SMILES string of the molecule is Cc1c(C)n(C(=O)CN2CCN(c3ccc(Cl)cc3)CC2)c2ccccc12. The lowest BCUT2D eigenvalue weighted by Crippen LogP contribution is -2.48. The smallest absolute Gasteiger partial charge is 0.245 e. The van der Waals surface area contributed by atoms with Gasteiger partial charge in [0.25, 0.3) is 0 Å². The lowest BCUT2D eigenvalue weighted by Gasteiger charge is -2.35. The summed E-state index contributed by atoms with van der Waals surface area (Å²) in [5, 5.41) is 1.92. The van der Waals surface area contributed by atoms with Crippen LogP contribution in [0.1, 0.15) is 16.1 Å². The second-order valence-electron chi connectivity index (χ2n) is 7.20. The van der Waals surface area contributed by atoms with Crippen LogP contribution in [0.25, 0.3) is 10.9 Å². The highest BCUT2D eigenvalue weighted by atomic mass is 35.5. The summed E-state index contributed by atoms with van der Waals surface area (Å²) in [5.41, 5.74) is 4.43. The normalized spacial score (nSPS) is 15.4. The molecule has 0 bridgehead atoms. The van der Waals surface area contributed by atoms with Crippen molar-refractivity contribution in [2.24, 2.45) is 0 Å². The first kappa shape index (κ1) is 18.1. The molecule has 0 amide bonds. The minimum atomic E-state index is 0.150. The highest BCUT2D eigenvalue weighted by Crippen LogP contribution is 2.25. The molecule has 2 aromatic carbocycles. The number of nitrogens with zero attached hydrogens (tertiary/aromatic N) is 3. The van der Waals surface area contributed by atoms with Crippen molar-refractivity contribution in [3.8, 4) is 0 Å². The second-order valence-corrected chi connectivity index (χ2v) is 7.63. The quantitative estimate of drug-likeness (QED) is 0.674. The van der Waals surface area contributed by atoms with E-state index < -0.39 is 0 Å². The maximum atomic E-state index is 13.0. The molecule has 2 heterocycles. The third-order valence-electron chi connectivity index (χ3n) is 5.60. The second kappa shape index (κ2) is 7.37. The van der Waals surface area contributed by atoms with Gasteiger partial charge in [0.2, 0.25) is 5.91 Å². The molecule has 1 aliphatic heterocycles. The van der Waals surface area contributed by atoms with Crippen LogP contribution in [0.4, 0.5) is 5.69 Å². The molecule has 0 saturated carbocycles. The zero-order chi connectivity index (χ0) is 19.0. The monoisotopic (exact) mass is 381 g/mol. The summed E-state index contributed by atoms with van der Waals surface area (Å²) in [6.45, 7) is 8.17. The van der Waals surface area contributed by atoms with Crippen molar-refractivity contribution in [2.45, 2.75) is 13.8 Å². The Morgan fingerprint density at radius 1 is 0.963 bits per heavy atom. The first-order valence-corrected chi connectivity index (χ1v) is 9.75. The van der Waals surface area contributed by atoms with E-state index in [4.69, 9.17) is 11.6 Å². The van der Waals surface area contributed by atoms with E-state index in [1.165, 1.54) is 11.3 Å². The Kier molecular flexibility index (Phi) is 4.94.